The minimum Gasteiger partial charge on any atom is -0.373 e. The number of hydrogen-bond donors (Lipinski definition) is 0. The Morgan fingerprint density at radius 3 is 1.90 bits per heavy atom. The Morgan fingerprint density at radius 1 is 0.690 bits per heavy atom. The van der Waals surface area contributed by atoms with Crippen LogP contribution in [0.2, 0.25) is 0 Å². The second-order valence-electron chi connectivity index (χ2n) is 7.57. The van der Waals surface area contributed by atoms with Crippen LogP contribution in [0, 0.1) is 29.2 Å². The smallest absolute Gasteiger partial charge is 0.159 e. The summed E-state index contributed by atoms with van der Waals surface area (Å²) in [6.45, 7) is 2.89. The number of hydrogen-bond acceptors (Lipinski definition) is 1. The highest BCUT2D eigenvalue weighted by Gasteiger charge is 2.20. The van der Waals surface area contributed by atoms with Gasteiger partial charge in [-0.1, -0.05) is 37.3 Å². The molecule has 0 N–H and O–H groups in total. The lowest BCUT2D eigenvalue weighted by Crippen LogP contribution is -2.18. The van der Waals surface area contributed by atoms with E-state index in [4.69, 9.17) is 4.74 Å². The topological polar surface area (TPSA) is 9.23 Å². The highest BCUT2D eigenvalue weighted by Crippen LogP contribution is 2.34. The lowest BCUT2D eigenvalue weighted by atomic mass is 9.94. The van der Waals surface area contributed by atoms with Crippen molar-refractivity contribution < 1.29 is 22.3 Å². The predicted octanol–water partition coefficient (Wildman–Crippen LogP) is 7.06. The van der Waals surface area contributed by atoms with Crippen LogP contribution in [0.5, 0.6) is 0 Å². The normalized spacial score (nSPS) is 19.3. The number of halogens is 4. The van der Waals surface area contributed by atoms with Crippen molar-refractivity contribution in [1.82, 2.24) is 0 Å². The van der Waals surface area contributed by atoms with Crippen LogP contribution >= 0.6 is 0 Å². The van der Waals surface area contributed by atoms with E-state index in [-0.39, 0.29) is 17.2 Å². The Balaban J connectivity index is 1.61. The van der Waals surface area contributed by atoms with Crippen LogP contribution in [0.3, 0.4) is 0 Å². The van der Waals surface area contributed by atoms with Gasteiger partial charge in [0.05, 0.1) is 11.7 Å². The zero-order valence-electron chi connectivity index (χ0n) is 15.9. The number of ether oxygens (including phenoxy) is 1. The molecule has 1 nitrogen and oxygen atoms in total. The fourth-order valence-electron chi connectivity index (χ4n) is 3.70. The Bertz CT molecular complexity index is 999. The molecule has 1 fully saturated rings. The summed E-state index contributed by atoms with van der Waals surface area (Å²) in [4.78, 5) is 0. The van der Waals surface area contributed by atoms with Crippen molar-refractivity contribution >= 4 is 0 Å². The molecular formula is C24H20F4O. The molecule has 1 aliphatic heterocycles. The largest absolute Gasteiger partial charge is 0.373 e. The van der Waals surface area contributed by atoms with E-state index in [0.29, 0.717) is 17.0 Å². The van der Waals surface area contributed by atoms with Crippen LogP contribution in [0.25, 0.3) is 22.3 Å². The summed E-state index contributed by atoms with van der Waals surface area (Å²) in [7, 11) is 0. The molecule has 1 saturated heterocycles. The van der Waals surface area contributed by atoms with Gasteiger partial charge in [0.15, 0.2) is 11.6 Å². The minimum absolute atomic E-state index is 0.0458. The zero-order chi connectivity index (χ0) is 20.5. The summed E-state index contributed by atoms with van der Waals surface area (Å²) < 4.78 is 61.7. The average Bonchev–Trinajstić information content (AvgIpc) is 2.71. The second-order valence-corrected chi connectivity index (χ2v) is 7.57. The molecule has 5 heteroatoms. The molecule has 0 aliphatic carbocycles. The third-order valence-electron chi connectivity index (χ3n) is 5.37. The monoisotopic (exact) mass is 400 g/mol. The first-order valence-corrected chi connectivity index (χ1v) is 9.59. The van der Waals surface area contributed by atoms with Gasteiger partial charge in [0.1, 0.15) is 11.6 Å². The van der Waals surface area contributed by atoms with E-state index in [0.717, 1.165) is 43.2 Å². The molecular weight excluding hydrogens is 380 g/mol. The lowest BCUT2D eigenvalue weighted by Gasteiger charge is -2.27. The maximum atomic E-state index is 14.6. The number of benzene rings is 3. The third-order valence-corrected chi connectivity index (χ3v) is 5.37. The molecule has 150 valence electrons. The van der Waals surface area contributed by atoms with Crippen molar-refractivity contribution in [3.05, 3.63) is 83.4 Å². The van der Waals surface area contributed by atoms with E-state index in [1.165, 1.54) is 12.1 Å². The van der Waals surface area contributed by atoms with Gasteiger partial charge in [0.2, 0.25) is 0 Å². The van der Waals surface area contributed by atoms with Crippen LogP contribution in [0.4, 0.5) is 17.6 Å². The van der Waals surface area contributed by atoms with Crippen molar-refractivity contribution in [2.45, 2.75) is 25.9 Å². The fourth-order valence-corrected chi connectivity index (χ4v) is 3.70. The van der Waals surface area contributed by atoms with E-state index in [1.54, 1.807) is 0 Å². The van der Waals surface area contributed by atoms with E-state index in [2.05, 4.69) is 6.92 Å². The molecule has 0 spiro atoms. The third kappa shape index (κ3) is 4.06. The average molecular weight is 400 g/mol. The molecule has 2 atom stereocenters. The van der Waals surface area contributed by atoms with Crippen LogP contribution in [-0.2, 0) is 4.74 Å². The van der Waals surface area contributed by atoms with Crippen LogP contribution < -0.4 is 0 Å². The van der Waals surface area contributed by atoms with Crippen molar-refractivity contribution in [2.24, 2.45) is 5.92 Å². The van der Waals surface area contributed by atoms with Crippen molar-refractivity contribution in [2.75, 3.05) is 6.61 Å². The standard InChI is InChI=1S/C24H20F4O/c1-14-2-9-23(29-13-14)16-5-3-15(4-6-16)18-11-21(27)24(22(28)12-18)17-7-8-19(25)20(26)10-17/h3-8,10-12,14,23H,2,9,13H2,1H3. The van der Waals surface area contributed by atoms with Crippen LogP contribution in [-0.4, -0.2) is 6.61 Å². The predicted molar refractivity (Wildman–Crippen MR) is 104 cm³/mol. The van der Waals surface area contributed by atoms with Gasteiger partial charge in [-0.05, 0) is 65.3 Å². The summed E-state index contributed by atoms with van der Waals surface area (Å²) in [5.74, 6) is -3.33. The van der Waals surface area contributed by atoms with Crippen molar-refractivity contribution in [3.63, 3.8) is 0 Å². The molecule has 1 heterocycles. The van der Waals surface area contributed by atoms with Crippen LogP contribution in [0.1, 0.15) is 31.4 Å². The molecule has 29 heavy (non-hydrogen) atoms. The van der Waals surface area contributed by atoms with Gasteiger partial charge in [-0.2, -0.15) is 0 Å². The fraction of sp³-hybridized carbons (Fsp3) is 0.250. The molecule has 0 radical (unpaired) electrons. The molecule has 4 rings (SSSR count). The van der Waals surface area contributed by atoms with Gasteiger partial charge in [-0.15, -0.1) is 0 Å². The van der Waals surface area contributed by atoms with Gasteiger partial charge < -0.3 is 4.74 Å². The SMILES string of the molecule is CC1CCC(c2ccc(-c3cc(F)c(-c4ccc(F)c(F)c4)c(F)c3)cc2)OC1. The van der Waals surface area contributed by atoms with E-state index < -0.39 is 23.3 Å². The number of rotatable bonds is 3. The zero-order valence-corrected chi connectivity index (χ0v) is 15.9. The Kier molecular flexibility index (Phi) is 5.41. The molecule has 3 aromatic rings. The summed E-state index contributed by atoms with van der Waals surface area (Å²) in [6.07, 6.45) is 2.10. The molecule has 2 unspecified atom stereocenters. The first kappa shape index (κ1) is 19.6. The Hall–Kier alpha value is -2.66. The summed E-state index contributed by atoms with van der Waals surface area (Å²) in [6, 6.07) is 12.6. The van der Waals surface area contributed by atoms with E-state index >= 15 is 0 Å². The molecule has 0 saturated carbocycles. The van der Waals surface area contributed by atoms with Crippen LogP contribution in [0.15, 0.2) is 54.6 Å². The molecule has 0 aromatic heterocycles. The highest BCUT2D eigenvalue weighted by atomic mass is 19.2. The second kappa shape index (κ2) is 7.99. The molecule has 0 bridgehead atoms. The summed E-state index contributed by atoms with van der Waals surface area (Å²) in [5.41, 5.74) is 1.64. The van der Waals surface area contributed by atoms with Gasteiger partial charge in [0.25, 0.3) is 0 Å². The lowest BCUT2D eigenvalue weighted by molar-refractivity contribution is -0.0123. The maximum Gasteiger partial charge on any atom is 0.159 e. The van der Waals surface area contributed by atoms with Gasteiger partial charge in [-0.3, -0.25) is 0 Å². The quantitative estimate of drug-likeness (QED) is 0.428. The molecule has 3 aromatic carbocycles. The van der Waals surface area contributed by atoms with Crippen molar-refractivity contribution in [3.8, 4) is 22.3 Å². The Morgan fingerprint density at radius 2 is 1.31 bits per heavy atom. The molecule has 0 amide bonds. The Labute approximate surface area is 167 Å². The maximum absolute atomic E-state index is 14.6. The van der Waals surface area contributed by atoms with E-state index in [9.17, 15) is 17.6 Å². The molecule has 1 aliphatic rings. The van der Waals surface area contributed by atoms with Gasteiger partial charge in [-0.25, -0.2) is 17.6 Å². The first-order valence-electron chi connectivity index (χ1n) is 9.59. The van der Waals surface area contributed by atoms with Gasteiger partial charge in [0, 0.05) is 6.61 Å². The first-order chi connectivity index (χ1) is 13.9. The van der Waals surface area contributed by atoms with E-state index in [1.807, 2.05) is 24.3 Å². The summed E-state index contributed by atoms with van der Waals surface area (Å²) >= 11 is 0. The van der Waals surface area contributed by atoms with Gasteiger partial charge >= 0.3 is 0 Å². The highest BCUT2D eigenvalue weighted by molar-refractivity contribution is 5.72. The van der Waals surface area contributed by atoms with Crippen molar-refractivity contribution in [1.29, 1.82) is 0 Å². The minimum atomic E-state index is -1.15. The summed E-state index contributed by atoms with van der Waals surface area (Å²) in [5, 5.41) is 0.